The smallest absolute Gasteiger partial charge is 0.227 e. The van der Waals surface area contributed by atoms with Crippen molar-refractivity contribution in [1.82, 2.24) is 0 Å². The van der Waals surface area contributed by atoms with Crippen LogP contribution in [0.25, 0.3) is 0 Å². The molecule has 1 heterocycles. The van der Waals surface area contributed by atoms with Crippen LogP contribution in [0.4, 0.5) is 5.69 Å². The molecule has 0 radical (unpaired) electrons. The van der Waals surface area contributed by atoms with E-state index in [0.717, 1.165) is 20.2 Å². The number of hydrogen-bond donors (Lipinski definition) is 1. The number of hydrogen-bond acceptors (Lipinski definition) is 3. The molecule has 0 spiro atoms. The van der Waals surface area contributed by atoms with Gasteiger partial charge in [-0.05, 0) is 56.5 Å². The van der Waals surface area contributed by atoms with Crippen LogP contribution in [0.1, 0.15) is 12.0 Å². The van der Waals surface area contributed by atoms with Crippen molar-refractivity contribution < 1.29 is 13.2 Å². The summed E-state index contributed by atoms with van der Waals surface area (Å²) < 4.78 is 23.9. The number of carbonyl (C=O) groups is 1. The molecule has 0 saturated carbocycles. The van der Waals surface area contributed by atoms with E-state index < -0.39 is 10.0 Å². The molecule has 0 aromatic heterocycles. The number of aryl methyl sites for hydroxylation is 1. The largest absolute Gasteiger partial charge is 0.310 e. The van der Waals surface area contributed by atoms with Crippen LogP contribution in [0.3, 0.4) is 0 Å². The summed E-state index contributed by atoms with van der Waals surface area (Å²) in [4.78, 5) is 13.7. The van der Waals surface area contributed by atoms with Gasteiger partial charge in [-0.2, -0.15) is 0 Å². The van der Waals surface area contributed by atoms with Crippen LogP contribution in [0, 0.1) is 12.8 Å². The fraction of sp³-hybridized carbons (Fsp3) is 0.417. The van der Waals surface area contributed by atoms with Crippen LogP contribution in [0.15, 0.2) is 21.1 Å². The number of amides is 1. The van der Waals surface area contributed by atoms with Gasteiger partial charge in [-0.3, -0.25) is 4.79 Å². The lowest BCUT2D eigenvalue weighted by Gasteiger charge is -2.20. The van der Waals surface area contributed by atoms with Crippen molar-refractivity contribution in [2.45, 2.75) is 13.3 Å². The number of halogens is 2. The first-order chi connectivity index (χ1) is 9.17. The standard InChI is InChI=1S/C12H14Br2N2O3S/c1-7-2-9(13)12(10(14)3-7)16-5-8(4-11(16)17)6-20(15,18)19/h2-3,8H,4-6H2,1H3,(H2,15,18,19). The van der Waals surface area contributed by atoms with Crippen LogP contribution >= 0.6 is 31.9 Å². The first kappa shape index (κ1) is 15.9. The highest BCUT2D eigenvalue weighted by molar-refractivity contribution is 9.11. The lowest BCUT2D eigenvalue weighted by Crippen LogP contribution is -2.28. The van der Waals surface area contributed by atoms with Crippen molar-refractivity contribution in [1.29, 1.82) is 0 Å². The third-order valence-electron chi connectivity index (χ3n) is 3.10. The molecule has 1 saturated heterocycles. The van der Waals surface area contributed by atoms with Gasteiger partial charge in [0.15, 0.2) is 0 Å². The third kappa shape index (κ3) is 3.60. The van der Waals surface area contributed by atoms with E-state index in [4.69, 9.17) is 5.14 Å². The number of sulfonamides is 1. The number of benzene rings is 1. The fourth-order valence-electron chi connectivity index (χ4n) is 2.39. The van der Waals surface area contributed by atoms with Gasteiger partial charge in [0.2, 0.25) is 15.9 Å². The van der Waals surface area contributed by atoms with E-state index in [2.05, 4.69) is 31.9 Å². The number of nitrogens with two attached hydrogens (primary N) is 1. The van der Waals surface area contributed by atoms with Gasteiger partial charge in [0.1, 0.15) is 0 Å². The molecule has 1 aliphatic rings. The number of carbonyl (C=O) groups excluding carboxylic acids is 1. The first-order valence-electron chi connectivity index (χ1n) is 5.94. The second kappa shape index (κ2) is 5.75. The Labute approximate surface area is 134 Å². The van der Waals surface area contributed by atoms with E-state index in [1.54, 1.807) is 4.90 Å². The molecule has 1 aliphatic heterocycles. The molecule has 0 aliphatic carbocycles. The predicted octanol–water partition coefficient (Wildman–Crippen LogP) is 2.16. The topological polar surface area (TPSA) is 80.5 Å². The summed E-state index contributed by atoms with van der Waals surface area (Å²) in [7, 11) is -3.57. The maximum Gasteiger partial charge on any atom is 0.227 e. The highest BCUT2D eigenvalue weighted by Gasteiger charge is 2.34. The lowest BCUT2D eigenvalue weighted by molar-refractivity contribution is -0.117. The van der Waals surface area contributed by atoms with Crippen molar-refractivity contribution in [3.63, 3.8) is 0 Å². The van der Waals surface area contributed by atoms with Gasteiger partial charge in [0.25, 0.3) is 0 Å². The van der Waals surface area contributed by atoms with E-state index in [0.29, 0.717) is 6.54 Å². The highest BCUT2D eigenvalue weighted by atomic mass is 79.9. The SMILES string of the molecule is Cc1cc(Br)c(N2CC(CS(N)(=O)=O)CC2=O)c(Br)c1. The number of primary sulfonamides is 1. The Hall–Kier alpha value is -0.440. The molecule has 1 aromatic carbocycles. The molecule has 1 amide bonds. The first-order valence-corrected chi connectivity index (χ1v) is 9.24. The van der Waals surface area contributed by atoms with E-state index in [1.807, 2.05) is 19.1 Å². The summed E-state index contributed by atoms with van der Waals surface area (Å²) in [5, 5.41) is 5.05. The van der Waals surface area contributed by atoms with Crippen LogP contribution in [0.5, 0.6) is 0 Å². The van der Waals surface area contributed by atoms with Crippen LogP contribution in [-0.2, 0) is 14.8 Å². The van der Waals surface area contributed by atoms with Crippen LogP contribution in [-0.4, -0.2) is 26.6 Å². The molecule has 1 unspecified atom stereocenters. The lowest BCUT2D eigenvalue weighted by atomic mass is 10.1. The highest BCUT2D eigenvalue weighted by Crippen LogP contribution is 2.38. The van der Waals surface area contributed by atoms with Gasteiger partial charge in [0, 0.05) is 27.8 Å². The van der Waals surface area contributed by atoms with E-state index >= 15 is 0 Å². The predicted molar refractivity (Wildman–Crippen MR) is 85.0 cm³/mol. The zero-order chi connectivity index (χ0) is 15.1. The average Bonchev–Trinajstić information content (AvgIpc) is 2.55. The summed E-state index contributed by atoms with van der Waals surface area (Å²) in [6.07, 6.45) is 0.198. The van der Waals surface area contributed by atoms with Crippen molar-refractivity contribution in [2.24, 2.45) is 11.1 Å². The Balaban J connectivity index is 2.29. The van der Waals surface area contributed by atoms with Crippen molar-refractivity contribution in [2.75, 3.05) is 17.2 Å². The minimum absolute atomic E-state index is 0.0936. The molecular formula is C12H14Br2N2O3S. The van der Waals surface area contributed by atoms with Gasteiger partial charge >= 0.3 is 0 Å². The molecule has 110 valence electrons. The van der Waals surface area contributed by atoms with Crippen molar-refractivity contribution in [3.05, 3.63) is 26.6 Å². The number of nitrogens with zero attached hydrogens (tertiary/aromatic N) is 1. The summed E-state index contributed by atoms with van der Waals surface area (Å²) in [5.41, 5.74) is 1.79. The quantitative estimate of drug-likeness (QED) is 0.805. The third-order valence-corrected chi connectivity index (χ3v) is 5.25. The molecule has 8 heteroatoms. The second-order valence-electron chi connectivity index (χ2n) is 4.98. The average molecular weight is 426 g/mol. The van der Waals surface area contributed by atoms with Gasteiger partial charge in [-0.15, -0.1) is 0 Å². The zero-order valence-corrected chi connectivity index (χ0v) is 14.8. The van der Waals surface area contributed by atoms with Gasteiger partial charge in [-0.1, -0.05) is 0 Å². The molecule has 0 bridgehead atoms. The molecule has 2 rings (SSSR count). The monoisotopic (exact) mass is 424 g/mol. The van der Waals surface area contributed by atoms with E-state index in [-0.39, 0.29) is 24.0 Å². The van der Waals surface area contributed by atoms with Gasteiger partial charge in [0.05, 0.1) is 11.4 Å². The van der Waals surface area contributed by atoms with E-state index in [1.165, 1.54) is 0 Å². The Morgan fingerprint density at radius 1 is 1.35 bits per heavy atom. The Morgan fingerprint density at radius 2 is 1.90 bits per heavy atom. The maximum atomic E-state index is 12.1. The second-order valence-corrected chi connectivity index (χ2v) is 8.35. The van der Waals surface area contributed by atoms with Gasteiger partial charge < -0.3 is 4.90 Å². The summed E-state index contributed by atoms with van der Waals surface area (Å²) in [5.74, 6) is -0.530. The summed E-state index contributed by atoms with van der Waals surface area (Å²) >= 11 is 6.90. The molecule has 5 nitrogen and oxygen atoms in total. The molecule has 1 atom stereocenters. The Kier molecular flexibility index (Phi) is 4.58. The van der Waals surface area contributed by atoms with Crippen molar-refractivity contribution >= 4 is 53.5 Å². The minimum Gasteiger partial charge on any atom is -0.310 e. The van der Waals surface area contributed by atoms with Crippen molar-refractivity contribution in [3.8, 4) is 0 Å². The summed E-state index contributed by atoms with van der Waals surface area (Å²) in [6, 6.07) is 3.83. The summed E-state index contributed by atoms with van der Waals surface area (Å²) in [6.45, 7) is 2.31. The normalized spacial score (nSPS) is 19.7. The van der Waals surface area contributed by atoms with Crippen LogP contribution < -0.4 is 10.0 Å². The molecule has 2 N–H and O–H groups in total. The maximum absolute atomic E-state index is 12.1. The van der Waals surface area contributed by atoms with E-state index in [9.17, 15) is 13.2 Å². The van der Waals surface area contributed by atoms with Gasteiger partial charge in [-0.25, -0.2) is 13.6 Å². The minimum atomic E-state index is -3.57. The number of anilines is 1. The number of rotatable bonds is 3. The molecule has 1 aromatic rings. The molecular weight excluding hydrogens is 412 g/mol. The molecule has 20 heavy (non-hydrogen) atoms. The molecule has 1 fully saturated rings. The zero-order valence-electron chi connectivity index (χ0n) is 10.8. The Morgan fingerprint density at radius 3 is 2.40 bits per heavy atom. The Bertz CT molecular complexity index is 638. The fourth-order valence-corrected chi connectivity index (χ4v) is 5.11. The van der Waals surface area contributed by atoms with Crippen LogP contribution in [0.2, 0.25) is 0 Å².